The molecule has 1 saturated carbocycles. The molecule has 2 fully saturated rings. The van der Waals surface area contributed by atoms with Crippen molar-refractivity contribution in [2.24, 2.45) is 11.8 Å². The zero-order valence-electron chi connectivity index (χ0n) is 34.7. The number of nitrogens with zero attached hydrogens (tertiary/aromatic N) is 5. The highest BCUT2D eigenvalue weighted by atomic mass is 16.2. The standard InChI is InChI=1S/C35H42N8O2.C11H19N/c1-5-37-33(45)26-13-14-30-25(16-26)8-6-7-22(3)35(30,34-39-41-42-40-34)18-27(15-24-11-9-21(2)10-12-24)38-20-31(44)43-28(19-36)17-29-23(4)32(29)43;1-5-8-12-10(4)9-11(6-2)7-3/h7,9-14,16,23,27-29,32,38H,5-6,8,15,17-18,20H2,1-4H3,(H,37,45)(H,39,40,41,42);6-7,12H,2,4-5,8-9H2,1,3H3/b;11-7+/t23?,27-,28?,29?,32?,35?;/m1./s1. The minimum atomic E-state index is -0.747. The molecule has 5 unspecified atom stereocenters. The summed E-state index contributed by atoms with van der Waals surface area (Å²) in [7, 11) is 0. The molecule has 4 N–H and O–H groups in total. The average Bonchev–Trinajstić information content (AvgIpc) is 3.54. The van der Waals surface area contributed by atoms with Crippen LogP contribution in [0.3, 0.4) is 0 Å². The molecule has 0 bridgehead atoms. The van der Waals surface area contributed by atoms with Gasteiger partial charge in [0.2, 0.25) is 5.91 Å². The lowest BCUT2D eigenvalue weighted by molar-refractivity contribution is -0.131. The number of aromatic amines is 1. The Bertz CT molecular complexity index is 1980. The van der Waals surface area contributed by atoms with E-state index in [1.54, 1.807) is 0 Å². The number of tetrazole rings is 1. The van der Waals surface area contributed by atoms with Crippen molar-refractivity contribution in [3.8, 4) is 6.07 Å². The van der Waals surface area contributed by atoms with Crippen molar-refractivity contribution in [1.29, 1.82) is 5.26 Å². The van der Waals surface area contributed by atoms with Gasteiger partial charge in [0.1, 0.15) is 6.04 Å². The number of H-pyrrole nitrogens is 1. The summed E-state index contributed by atoms with van der Waals surface area (Å²) in [5, 5.41) is 35.3. The van der Waals surface area contributed by atoms with Crippen molar-refractivity contribution in [3.05, 3.63) is 124 Å². The van der Waals surface area contributed by atoms with E-state index in [1.807, 2.05) is 43.0 Å². The van der Waals surface area contributed by atoms with Crippen molar-refractivity contribution >= 4 is 11.8 Å². The number of fused-ring (bicyclic) bond motifs is 2. The van der Waals surface area contributed by atoms with E-state index in [4.69, 9.17) is 0 Å². The number of nitrogens with one attached hydrogen (secondary N) is 4. The summed E-state index contributed by atoms with van der Waals surface area (Å²) >= 11 is 0. The summed E-state index contributed by atoms with van der Waals surface area (Å²) < 4.78 is 0. The van der Waals surface area contributed by atoms with E-state index < -0.39 is 5.41 Å². The lowest BCUT2D eigenvalue weighted by Gasteiger charge is -2.37. The molecule has 302 valence electrons. The molecule has 1 saturated heterocycles. The van der Waals surface area contributed by atoms with Gasteiger partial charge in [-0.1, -0.05) is 91.9 Å². The number of piperidine rings is 1. The number of carbonyl (C=O) groups is 2. The van der Waals surface area contributed by atoms with E-state index in [9.17, 15) is 14.9 Å². The Hall–Kier alpha value is -5.34. The van der Waals surface area contributed by atoms with Crippen LogP contribution in [-0.2, 0) is 23.1 Å². The van der Waals surface area contributed by atoms with Gasteiger partial charge in [0.05, 0.1) is 18.0 Å². The Morgan fingerprint density at radius 2 is 1.93 bits per heavy atom. The van der Waals surface area contributed by atoms with Crippen molar-refractivity contribution in [1.82, 2.24) is 41.5 Å². The molecule has 1 aliphatic heterocycles. The number of benzene rings is 2. The van der Waals surface area contributed by atoms with E-state index in [0.29, 0.717) is 42.6 Å². The molecule has 1 aromatic heterocycles. The number of allylic oxidation sites excluding steroid dienone is 5. The Balaban J connectivity index is 0.000000448. The minimum absolute atomic E-state index is 0.0268. The molecule has 11 nitrogen and oxygen atoms in total. The van der Waals surface area contributed by atoms with Crippen molar-refractivity contribution < 1.29 is 9.59 Å². The van der Waals surface area contributed by atoms with E-state index in [1.165, 1.54) is 11.1 Å². The summed E-state index contributed by atoms with van der Waals surface area (Å²) in [5.41, 5.74) is 7.75. The van der Waals surface area contributed by atoms with Gasteiger partial charge in [0.15, 0.2) is 5.82 Å². The maximum atomic E-state index is 13.7. The molecule has 2 aromatic carbocycles. The van der Waals surface area contributed by atoms with Gasteiger partial charge in [-0.05, 0) is 112 Å². The molecular formula is C46H61N9O2. The van der Waals surface area contributed by atoms with Crippen LogP contribution >= 0.6 is 0 Å². The van der Waals surface area contributed by atoms with Gasteiger partial charge >= 0.3 is 0 Å². The topological polar surface area (TPSA) is 152 Å². The molecule has 57 heavy (non-hydrogen) atoms. The molecule has 2 heterocycles. The molecule has 2 amide bonds. The zero-order valence-corrected chi connectivity index (χ0v) is 34.7. The van der Waals surface area contributed by atoms with Gasteiger partial charge in [-0.25, -0.2) is 0 Å². The largest absolute Gasteiger partial charge is 0.389 e. The van der Waals surface area contributed by atoms with E-state index in [-0.39, 0.29) is 36.5 Å². The van der Waals surface area contributed by atoms with Crippen molar-refractivity contribution in [2.75, 3.05) is 19.6 Å². The van der Waals surface area contributed by atoms with Crippen LogP contribution in [0.2, 0.25) is 0 Å². The number of aromatic nitrogens is 4. The number of likely N-dealkylation sites (tertiary alicyclic amines) is 1. The highest BCUT2D eigenvalue weighted by Gasteiger charge is 2.60. The summed E-state index contributed by atoms with van der Waals surface area (Å²) in [5.74, 6) is 1.32. The maximum absolute atomic E-state index is 13.7. The molecule has 0 spiro atoms. The molecular weight excluding hydrogens is 711 g/mol. The summed E-state index contributed by atoms with van der Waals surface area (Å²) in [6.45, 7) is 21.8. The fourth-order valence-corrected chi connectivity index (χ4v) is 8.64. The highest BCUT2D eigenvalue weighted by Crippen LogP contribution is 2.53. The van der Waals surface area contributed by atoms with Crippen LogP contribution in [0.1, 0.15) is 105 Å². The second kappa shape index (κ2) is 19.7. The van der Waals surface area contributed by atoms with Gasteiger partial charge in [0.25, 0.3) is 5.91 Å². The van der Waals surface area contributed by atoms with Gasteiger partial charge in [-0.3, -0.25) is 9.59 Å². The van der Waals surface area contributed by atoms with Crippen molar-refractivity contribution in [3.63, 3.8) is 0 Å². The summed E-state index contributed by atoms with van der Waals surface area (Å²) in [6.07, 6.45) is 11.8. The van der Waals surface area contributed by atoms with Gasteiger partial charge < -0.3 is 20.9 Å². The van der Waals surface area contributed by atoms with Crippen LogP contribution in [0.25, 0.3) is 0 Å². The molecule has 3 aliphatic rings. The van der Waals surface area contributed by atoms with E-state index in [0.717, 1.165) is 66.6 Å². The molecule has 2 aliphatic carbocycles. The number of aryl methyl sites for hydroxylation is 2. The average molecular weight is 772 g/mol. The third-order valence-corrected chi connectivity index (χ3v) is 11.9. The highest BCUT2D eigenvalue weighted by molar-refractivity contribution is 5.94. The smallest absolute Gasteiger partial charge is 0.251 e. The van der Waals surface area contributed by atoms with Crippen LogP contribution < -0.4 is 16.0 Å². The Morgan fingerprint density at radius 1 is 1.16 bits per heavy atom. The first-order chi connectivity index (χ1) is 27.5. The molecule has 6 atom stereocenters. The number of hydrogen-bond donors (Lipinski definition) is 4. The predicted molar refractivity (Wildman–Crippen MR) is 226 cm³/mol. The first-order valence-corrected chi connectivity index (χ1v) is 20.5. The molecule has 3 aromatic rings. The van der Waals surface area contributed by atoms with E-state index in [2.05, 4.69) is 120 Å². The van der Waals surface area contributed by atoms with Crippen LogP contribution in [-0.4, -0.2) is 75.1 Å². The maximum Gasteiger partial charge on any atom is 0.251 e. The van der Waals surface area contributed by atoms with E-state index >= 15 is 0 Å². The third-order valence-electron chi connectivity index (χ3n) is 11.9. The third kappa shape index (κ3) is 9.98. The number of hydrogen-bond acceptors (Lipinski definition) is 8. The number of amides is 2. The fraction of sp³-hybridized carbons (Fsp3) is 0.478. The molecule has 11 heteroatoms. The normalized spacial score (nSPS) is 22.6. The van der Waals surface area contributed by atoms with Crippen LogP contribution in [0, 0.1) is 30.1 Å². The molecule has 0 radical (unpaired) electrons. The summed E-state index contributed by atoms with van der Waals surface area (Å²) in [6, 6.07) is 16.4. The Kier molecular flexibility index (Phi) is 14.8. The second-order valence-electron chi connectivity index (χ2n) is 15.7. The van der Waals surface area contributed by atoms with Gasteiger partial charge in [-0.2, -0.15) is 10.5 Å². The number of rotatable bonds is 16. The first-order valence-electron chi connectivity index (χ1n) is 20.5. The van der Waals surface area contributed by atoms with Gasteiger partial charge in [0, 0.05) is 42.9 Å². The number of nitriles is 1. The first kappa shape index (κ1) is 42.8. The van der Waals surface area contributed by atoms with Crippen LogP contribution in [0.4, 0.5) is 0 Å². The van der Waals surface area contributed by atoms with Crippen LogP contribution in [0.15, 0.2) is 90.7 Å². The Labute approximate surface area is 339 Å². The molecule has 6 rings (SSSR count). The van der Waals surface area contributed by atoms with Crippen molar-refractivity contribution in [2.45, 2.75) is 110 Å². The van der Waals surface area contributed by atoms with Gasteiger partial charge in [-0.15, -0.1) is 10.2 Å². The minimum Gasteiger partial charge on any atom is -0.389 e. The predicted octanol–water partition coefficient (Wildman–Crippen LogP) is 6.81. The SMILES string of the molecule is C=C/C(=C\C)CC(=C)NCCC.CCNC(=O)c1ccc2c(c1)CCC=C(C)C2(C[C@@H](Cc1ccc(C)cc1)NCC(=O)N1C(C#N)CC2C(C)C21)c1nn[nH]n1. The fourth-order valence-electron chi connectivity index (χ4n) is 8.64. The lowest BCUT2D eigenvalue weighted by atomic mass is 9.68. The quantitative estimate of drug-likeness (QED) is 0.0917. The Morgan fingerprint density at radius 3 is 2.58 bits per heavy atom. The zero-order chi connectivity index (χ0) is 41.1. The second-order valence-corrected chi connectivity index (χ2v) is 15.7. The summed E-state index contributed by atoms with van der Waals surface area (Å²) in [4.78, 5) is 28.3. The van der Waals surface area contributed by atoms with Crippen LogP contribution in [0.5, 0.6) is 0 Å². The lowest BCUT2D eigenvalue weighted by Crippen LogP contribution is -2.48. The number of carbonyl (C=O) groups excluding carboxylic acids is 2. The monoisotopic (exact) mass is 771 g/mol.